The Balaban J connectivity index is 2.00. The minimum atomic E-state index is -0.0609. The lowest BCUT2D eigenvalue weighted by atomic mass is 10.2. The van der Waals surface area contributed by atoms with E-state index in [0.29, 0.717) is 22.2 Å². The number of aromatic nitrogens is 3. The molecule has 1 heterocycles. The van der Waals surface area contributed by atoms with Crippen molar-refractivity contribution in [3.8, 4) is 11.4 Å². The highest BCUT2D eigenvalue weighted by Gasteiger charge is 2.12. The van der Waals surface area contributed by atoms with E-state index < -0.39 is 0 Å². The van der Waals surface area contributed by atoms with E-state index in [-0.39, 0.29) is 12.5 Å². The molecule has 7 heteroatoms. The van der Waals surface area contributed by atoms with E-state index in [0.717, 1.165) is 18.4 Å². The molecule has 1 aromatic heterocycles. The Labute approximate surface area is 146 Å². The van der Waals surface area contributed by atoms with Gasteiger partial charge in [0.15, 0.2) is 10.6 Å². The lowest BCUT2D eigenvalue weighted by Gasteiger charge is -2.08. The van der Waals surface area contributed by atoms with Crippen LogP contribution in [0.3, 0.4) is 0 Å². The van der Waals surface area contributed by atoms with Gasteiger partial charge < -0.3 is 5.32 Å². The fourth-order valence-corrected chi connectivity index (χ4v) is 2.59. The molecule has 23 heavy (non-hydrogen) atoms. The third-order valence-electron chi connectivity index (χ3n) is 3.51. The van der Waals surface area contributed by atoms with Crippen LogP contribution in [0.25, 0.3) is 11.4 Å². The number of carbonyl (C=O) groups excluding carboxylic acids is 1. The maximum Gasteiger partial charge on any atom is 0.240 e. The Morgan fingerprint density at radius 3 is 2.74 bits per heavy atom. The highest BCUT2D eigenvalue weighted by Crippen LogP contribution is 2.19. The molecule has 2 aromatic rings. The molecule has 0 bridgehead atoms. The van der Waals surface area contributed by atoms with E-state index in [1.807, 2.05) is 12.1 Å². The Kier molecular flexibility index (Phi) is 6.80. The molecule has 0 fully saturated rings. The maximum absolute atomic E-state index is 12.1. The van der Waals surface area contributed by atoms with Crippen molar-refractivity contribution in [3.05, 3.63) is 34.1 Å². The fourth-order valence-electron chi connectivity index (χ4n) is 2.26. The number of rotatable bonds is 8. The molecule has 0 aliphatic rings. The molecule has 0 radical (unpaired) electrons. The van der Waals surface area contributed by atoms with Crippen LogP contribution in [-0.4, -0.2) is 27.2 Å². The molecule has 0 aliphatic carbocycles. The average molecular weight is 353 g/mol. The van der Waals surface area contributed by atoms with Gasteiger partial charge in [-0.2, -0.15) is 5.10 Å². The van der Waals surface area contributed by atoms with Crippen molar-refractivity contribution in [2.45, 2.75) is 39.2 Å². The van der Waals surface area contributed by atoms with Gasteiger partial charge in [0.05, 0.1) is 0 Å². The van der Waals surface area contributed by atoms with Crippen molar-refractivity contribution in [1.82, 2.24) is 20.1 Å². The van der Waals surface area contributed by atoms with E-state index >= 15 is 0 Å². The predicted molar refractivity (Wildman–Crippen MR) is 95.0 cm³/mol. The molecule has 0 spiro atoms. The van der Waals surface area contributed by atoms with Crippen LogP contribution < -0.4 is 5.32 Å². The summed E-state index contributed by atoms with van der Waals surface area (Å²) in [6.07, 6.45) is 4.52. The standard InChI is InChI=1S/C16H21ClN4OS/c1-2-3-4-5-10-18-14(22)11-21-15(19-20-16(21)23)12-6-8-13(17)9-7-12/h6-9H,2-5,10-11H2,1H3,(H,18,22)(H,20,23). The number of hydrogen-bond acceptors (Lipinski definition) is 3. The van der Waals surface area contributed by atoms with Gasteiger partial charge in [0.25, 0.3) is 0 Å². The summed E-state index contributed by atoms with van der Waals surface area (Å²) in [4.78, 5) is 12.1. The summed E-state index contributed by atoms with van der Waals surface area (Å²) >= 11 is 11.1. The molecule has 1 aromatic carbocycles. The van der Waals surface area contributed by atoms with Gasteiger partial charge in [0.2, 0.25) is 5.91 Å². The number of unbranched alkanes of at least 4 members (excludes halogenated alkanes) is 3. The summed E-state index contributed by atoms with van der Waals surface area (Å²) in [7, 11) is 0. The number of carbonyl (C=O) groups is 1. The number of nitrogens with zero attached hydrogens (tertiary/aromatic N) is 2. The summed E-state index contributed by atoms with van der Waals surface area (Å²) in [6.45, 7) is 3.01. The van der Waals surface area contributed by atoms with Crippen LogP contribution in [0.1, 0.15) is 32.6 Å². The molecule has 0 saturated heterocycles. The number of halogens is 1. The zero-order valence-corrected chi connectivity index (χ0v) is 14.7. The molecular weight excluding hydrogens is 332 g/mol. The molecule has 2 rings (SSSR count). The van der Waals surface area contributed by atoms with Crippen LogP contribution in [0.2, 0.25) is 5.02 Å². The lowest BCUT2D eigenvalue weighted by molar-refractivity contribution is -0.121. The first-order valence-electron chi connectivity index (χ1n) is 7.79. The summed E-state index contributed by atoms with van der Waals surface area (Å²) in [5.74, 6) is 0.571. The molecular formula is C16H21ClN4OS. The highest BCUT2D eigenvalue weighted by atomic mass is 35.5. The first-order chi connectivity index (χ1) is 11.1. The zero-order chi connectivity index (χ0) is 16.7. The second-order valence-electron chi connectivity index (χ2n) is 5.36. The van der Waals surface area contributed by atoms with Crippen LogP contribution in [0.5, 0.6) is 0 Å². The highest BCUT2D eigenvalue weighted by molar-refractivity contribution is 7.71. The number of benzene rings is 1. The summed E-state index contributed by atoms with van der Waals surface area (Å²) < 4.78 is 2.12. The van der Waals surface area contributed by atoms with Crippen molar-refractivity contribution < 1.29 is 4.79 Å². The first-order valence-corrected chi connectivity index (χ1v) is 8.58. The molecule has 5 nitrogen and oxygen atoms in total. The summed E-state index contributed by atoms with van der Waals surface area (Å²) in [5.41, 5.74) is 0.859. The molecule has 0 saturated carbocycles. The van der Waals surface area contributed by atoms with Crippen molar-refractivity contribution in [2.75, 3.05) is 6.54 Å². The zero-order valence-electron chi connectivity index (χ0n) is 13.1. The second kappa shape index (κ2) is 8.84. The number of hydrogen-bond donors (Lipinski definition) is 2. The third kappa shape index (κ3) is 5.18. The summed E-state index contributed by atoms with van der Waals surface area (Å²) in [6, 6.07) is 7.28. The van der Waals surface area contributed by atoms with E-state index in [1.165, 1.54) is 12.8 Å². The normalized spacial score (nSPS) is 10.7. The van der Waals surface area contributed by atoms with Gasteiger partial charge in [-0.25, -0.2) is 0 Å². The molecule has 1 amide bonds. The van der Waals surface area contributed by atoms with Crippen LogP contribution in [0.15, 0.2) is 24.3 Å². The van der Waals surface area contributed by atoms with Crippen molar-refractivity contribution in [3.63, 3.8) is 0 Å². The minimum Gasteiger partial charge on any atom is -0.355 e. The van der Waals surface area contributed by atoms with Gasteiger partial charge in [-0.05, 0) is 42.9 Å². The van der Waals surface area contributed by atoms with Crippen LogP contribution in [0.4, 0.5) is 0 Å². The van der Waals surface area contributed by atoms with E-state index in [4.69, 9.17) is 23.8 Å². The van der Waals surface area contributed by atoms with E-state index in [1.54, 1.807) is 16.7 Å². The topological polar surface area (TPSA) is 62.7 Å². The van der Waals surface area contributed by atoms with Gasteiger partial charge >= 0.3 is 0 Å². The van der Waals surface area contributed by atoms with Crippen molar-refractivity contribution in [2.24, 2.45) is 0 Å². The van der Waals surface area contributed by atoms with E-state index in [2.05, 4.69) is 22.4 Å². The molecule has 0 aliphatic heterocycles. The maximum atomic E-state index is 12.1. The predicted octanol–water partition coefficient (Wildman–Crippen LogP) is 3.96. The van der Waals surface area contributed by atoms with E-state index in [9.17, 15) is 4.79 Å². The Hall–Kier alpha value is -1.66. The van der Waals surface area contributed by atoms with Crippen molar-refractivity contribution >= 4 is 29.7 Å². The number of H-pyrrole nitrogens is 1. The monoisotopic (exact) mass is 352 g/mol. The van der Waals surface area contributed by atoms with Gasteiger partial charge in [-0.15, -0.1) is 0 Å². The SMILES string of the molecule is CCCCCCNC(=O)Cn1c(-c2ccc(Cl)cc2)n[nH]c1=S. The lowest BCUT2D eigenvalue weighted by Crippen LogP contribution is -2.28. The van der Waals surface area contributed by atoms with Gasteiger partial charge in [-0.1, -0.05) is 37.8 Å². The quantitative estimate of drug-likeness (QED) is 0.558. The van der Waals surface area contributed by atoms with Gasteiger partial charge in [-0.3, -0.25) is 14.5 Å². The first kappa shape index (κ1) is 17.7. The second-order valence-corrected chi connectivity index (χ2v) is 6.18. The number of nitrogens with one attached hydrogen (secondary N) is 2. The summed E-state index contributed by atoms with van der Waals surface area (Å²) in [5, 5.41) is 10.5. The molecule has 124 valence electrons. The van der Waals surface area contributed by atoms with Crippen LogP contribution in [-0.2, 0) is 11.3 Å². The smallest absolute Gasteiger partial charge is 0.240 e. The number of aromatic amines is 1. The third-order valence-corrected chi connectivity index (χ3v) is 4.08. The molecule has 0 atom stereocenters. The van der Waals surface area contributed by atoms with Gasteiger partial charge in [0, 0.05) is 17.1 Å². The average Bonchev–Trinajstić information content (AvgIpc) is 2.89. The Bertz CT molecular complexity index is 693. The minimum absolute atomic E-state index is 0.0609. The largest absolute Gasteiger partial charge is 0.355 e. The van der Waals surface area contributed by atoms with Crippen LogP contribution in [0, 0.1) is 4.77 Å². The van der Waals surface area contributed by atoms with Gasteiger partial charge in [0.1, 0.15) is 6.54 Å². The fraction of sp³-hybridized carbons (Fsp3) is 0.438. The Morgan fingerprint density at radius 2 is 2.04 bits per heavy atom. The van der Waals surface area contributed by atoms with Crippen LogP contribution >= 0.6 is 23.8 Å². The molecule has 2 N–H and O–H groups in total. The number of amides is 1. The van der Waals surface area contributed by atoms with Crippen molar-refractivity contribution in [1.29, 1.82) is 0 Å². The Morgan fingerprint density at radius 1 is 1.30 bits per heavy atom. The molecule has 0 unspecified atom stereocenters.